The minimum absolute atomic E-state index is 1.08. The minimum Gasteiger partial charge on any atom is -0.110 e. The van der Waals surface area contributed by atoms with Crippen LogP contribution in [0.1, 0.15) is 20.8 Å². The molecule has 0 aromatic carbocycles. The molecule has 0 saturated carbocycles. The standard InChI is InChI=1S/C13H20B2/c1-5-8-10-13(11(4)15-14)12(7-3)9-6-2/h5-10,15H,1,14H2,2-4H3/b9-6-,10-8-,12-7-,13-11-. The van der Waals surface area contributed by atoms with Crippen molar-refractivity contribution in [1.82, 2.24) is 0 Å². The van der Waals surface area contributed by atoms with Crippen LogP contribution >= 0.6 is 0 Å². The minimum atomic E-state index is 1.08. The van der Waals surface area contributed by atoms with Crippen LogP contribution in [-0.2, 0) is 0 Å². The summed E-state index contributed by atoms with van der Waals surface area (Å²) in [6, 6.07) is 0. The molecule has 0 N–H and O–H groups in total. The van der Waals surface area contributed by atoms with Crippen molar-refractivity contribution in [2.45, 2.75) is 20.8 Å². The lowest BCUT2D eigenvalue weighted by atomic mass is 9.50. The summed E-state index contributed by atoms with van der Waals surface area (Å²) >= 11 is 0. The van der Waals surface area contributed by atoms with Gasteiger partial charge in [-0.1, -0.05) is 50.0 Å². The van der Waals surface area contributed by atoms with Crippen molar-refractivity contribution >= 4 is 14.9 Å². The van der Waals surface area contributed by atoms with Crippen molar-refractivity contribution in [2.75, 3.05) is 0 Å². The molecule has 0 aliphatic heterocycles. The summed E-state index contributed by atoms with van der Waals surface area (Å²) in [4.78, 5) is 0. The van der Waals surface area contributed by atoms with Crippen LogP contribution in [0.2, 0.25) is 0 Å². The van der Waals surface area contributed by atoms with E-state index in [1.54, 1.807) is 0 Å². The molecule has 0 nitrogen and oxygen atoms in total. The molecule has 0 radical (unpaired) electrons. The van der Waals surface area contributed by atoms with Gasteiger partial charge in [-0.25, -0.2) is 0 Å². The molecule has 0 rings (SSSR count). The molecule has 0 bridgehead atoms. The van der Waals surface area contributed by atoms with Crippen molar-refractivity contribution in [3.63, 3.8) is 0 Å². The van der Waals surface area contributed by atoms with Gasteiger partial charge in [0.2, 0.25) is 0 Å². The van der Waals surface area contributed by atoms with Crippen LogP contribution in [0.15, 0.2) is 59.7 Å². The van der Waals surface area contributed by atoms with E-state index < -0.39 is 0 Å². The summed E-state index contributed by atoms with van der Waals surface area (Å²) in [5.74, 6) is 0. The Bertz CT molecular complexity index is 317. The predicted molar refractivity (Wildman–Crippen MR) is 76.3 cm³/mol. The smallest absolute Gasteiger partial charge is 0.110 e. The van der Waals surface area contributed by atoms with Gasteiger partial charge in [0, 0.05) is 0 Å². The van der Waals surface area contributed by atoms with E-state index >= 15 is 0 Å². The van der Waals surface area contributed by atoms with Crippen LogP contribution < -0.4 is 0 Å². The van der Waals surface area contributed by atoms with Gasteiger partial charge in [-0.15, -0.1) is 5.47 Å². The molecule has 0 atom stereocenters. The largest absolute Gasteiger partial charge is 0.114 e. The third kappa shape index (κ3) is 4.73. The highest BCUT2D eigenvalue weighted by Crippen LogP contribution is 2.17. The maximum atomic E-state index is 3.70. The van der Waals surface area contributed by atoms with E-state index in [1.807, 2.05) is 19.1 Å². The molecule has 0 unspecified atom stereocenters. The van der Waals surface area contributed by atoms with E-state index in [-0.39, 0.29) is 0 Å². The summed E-state index contributed by atoms with van der Waals surface area (Å²) in [5.41, 5.74) is 3.98. The van der Waals surface area contributed by atoms with Crippen LogP contribution in [0.4, 0.5) is 0 Å². The molecular weight excluding hydrogens is 178 g/mol. The van der Waals surface area contributed by atoms with Gasteiger partial charge in [-0.05, 0) is 25.0 Å². The summed E-state index contributed by atoms with van der Waals surface area (Å²) in [5, 5.41) is 0. The van der Waals surface area contributed by atoms with Crippen molar-refractivity contribution in [2.24, 2.45) is 0 Å². The van der Waals surface area contributed by atoms with Gasteiger partial charge in [0.1, 0.15) is 7.17 Å². The summed E-state index contributed by atoms with van der Waals surface area (Å²) in [6.07, 6.45) is 12.3. The Kier molecular flexibility index (Phi) is 7.53. The molecule has 78 valence electrons. The molecule has 0 heterocycles. The molecular formula is C13H20B2. The average molecular weight is 198 g/mol. The highest BCUT2D eigenvalue weighted by atomic mass is 14.0. The quantitative estimate of drug-likeness (QED) is 0.470. The van der Waals surface area contributed by atoms with Crippen LogP contribution in [-0.4, -0.2) is 14.9 Å². The van der Waals surface area contributed by atoms with Gasteiger partial charge in [0.05, 0.1) is 7.74 Å². The van der Waals surface area contributed by atoms with Gasteiger partial charge in [0.25, 0.3) is 0 Å². The lowest BCUT2D eigenvalue weighted by molar-refractivity contribution is 1.43. The van der Waals surface area contributed by atoms with E-state index in [4.69, 9.17) is 0 Å². The first-order valence-electron chi connectivity index (χ1n) is 5.49. The lowest BCUT2D eigenvalue weighted by Gasteiger charge is -2.07. The zero-order valence-electron chi connectivity index (χ0n) is 10.4. The van der Waals surface area contributed by atoms with E-state index in [1.165, 1.54) is 16.6 Å². The molecule has 15 heavy (non-hydrogen) atoms. The first-order chi connectivity index (χ1) is 7.21. The van der Waals surface area contributed by atoms with E-state index in [0.717, 1.165) is 7.17 Å². The molecule has 0 aliphatic rings. The van der Waals surface area contributed by atoms with Crippen LogP contribution in [0.25, 0.3) is 0 Å². The van der Waals surface area contributed by atoms with Gasteiger partial charge in [-0.2, -0.15) is 0 Å². The maximum absolute atomic E-state index is 3.70. The molecule has 0 aromatic heterocycles. The number of rotatable bonds is 5. The Balaban J connectivity index is 5.28. The number of allylic oxidation sites excluding steroid dienone is 9. The molecule has 0 aromatic rings. The highest BCUT2D eigenvalue weighted by Gasteiger charge is 2.00. The normalized spacial score (nSPS) is 14.5. The molecule has 0 amide bonds. The second kappa shape index (κ2) is 8.16. The first kappa shape index (κ1) is 13.8. The van der Waals surface area contributed by atoms with E-state index in [2.05, 4.69) is 52.5 Å². The van der Waals surface area contributed by atoms with Gasteiger partial charge < -0.3 is 0 Å². The predicted octanol–water partition coefficient (Wildman–Crippen LogP) is 2.51. The van der Waals surface area contributed by atoms with Crippen molar-refractivity contribution < 1.29 is 0 Å². The Morgan fingerprint density at radius 1 is 1.27 bits per heavy atom. The fourth-order valence-corrected chi connectivity index (χ4v) is 1.36. The fourth-order valence-electron chi connectivity index (χ4n) is 1.36. The maximum Gasteiger partial charge on any atom is 0.114 e. The third-order valence-corrected chi connectivity index (χ3v) is 2.36. The topological polar surface area (TPSA) is 0 Å². The SMILES string of the molecule is BB/C(C)=C(/C=C\C=C)C(\C=C/C)=C/C. The Morgan fingerprint density at radius 3 is 2.33 bits per heavy atom. The lowest BCUT2D eigenvalue weighted by Crippen LogP contribution is -1.97. The second-order valence-corrected chi connectivity index (χ2v) is 3.39. The van der Waals surface area contributed by atoms with Crippen molar-refractivity contribution in [3.8, 4) is 0 Å². The molecule has 2 heteroatoms. The van der Waals surface area contributed by atoms with Crippen LogP contribution in [0.5, 0.6) is 0 Å². The molecule has 0 saturated heterocycles. The van der Waals surface area contributed by atoms with Crippen molar-refractivity contribution in [3.05, 3.63) is 59.7 Å². The number of hydrogen-bond acceptors (Lipinski definition) is 0. The summed E-state index contributed by atoms with van der Waals surface area (Å²) < 4.78 is 0. The molecule has 0 fully saturated rings. The van der Waals surface area contributed by atoms with Gasteiger partial charge in [-0.3, -0.25) is 0 Å². The fraction of sp³-hybridized carbons (Fsp3) is 0.231. The summed E-state index contributed by atoms with van der Waals surface area (Å²) in [7, 11) is 3.26. The van der Waals surface area contributed by atoms with Gasteiger partial charge in [0.15, 0.2) is 0 Å². The zero-order valence-corrected chi connectivity index (χ0v) is 10.4. The monoisotopic (exact) mass is 198 g/mol. The Labute approximate surface area is 95.8 Å². The Hall–Kier alpha value is -1.17. The van der Waals surface area contributed by atoms with Crippen molar-refractivity contribution in [1.29, 1.82) is 0 Å². The van der Waals surface area contributed by atoms with Gasteiger partial charge >= 0.3 is 0 Å². The van der Waals surface area contributed by atoms with Crippen LogP contribution in [0.3, 0.4) is 0 Å². The van der Waals surface area contributed by atoms with Crippen LogP contribution in [0, 0.1) is 0 Å². The second-order valence-electron chi connectivity index (χ2n) is 3.39. The van der Waals surface area contributed by atoms with E-state index in [9.17, 15) is 0 Å². The summed E-state index contributed by atoms with van der Waals surface area (Å²) in [6.45, 7) is 9.99. The average Bonchev–Trinajstić information content (AvgIpc) is 2.27. The first-order valence-corrected chi connectivity index (χ1v) is 5.49. The third-order valence-electron chi connectivity index (χ3n) is 2.36. The number of hydrogen-bond donors (Lipinski definition) is 0. The zero-order chi connectivity index (χ0) is 11.7. The van der Waals surface area contributed by atoms with E-state index in [0.29, 0.717) is 0 Å². The highest BCUT2D eigenvalue weighted by molar-refractivity contribution is 6.93. The molecule has 0 aliphatic carbocycles. The molecule has 0 spiro atoms. The Morgan fingerprint density at radius 2 is 1.93 bits per heavy atom.